The smallest absolute Gasteiger partial charge is 0.244 e. The van der Waals surface area contributed by atoms with E-state index in [1.165, 1.54) is 0 Å². The number of hydrogen-bond donors (Lipinski definition) is 0. The van der Waals surface area contributed by atoms with Gasteiger partial charge in [0.2, 0.25) is 5.24 Å². The first-order chi connectivity index (χ1) is 5.27. The van der Waals surface area contributed by atoms with Crippen LogP contribution < -0.4 is 0 Å². The number of benzene rings is 1. The summed E-state index contributed by atoms with van der Waals surface area (Å²) in [5, 5.41) is -0.509. The van der Waals surface area contributed by atoms with E-state index in [-0.39, 0.29) is 0 Å². The van der Waals surface area contributed by atoms with Crippen LogP contribution in [0.15, 0.2) is 49.1 Å². The SMILES string of the molecule is C=CC(=O)Cl.c1ccccc1. The number of halogens is 1. The Balaban J connectivity index is 0.000000187. The fourth-order valence-electron chi connectivity index (χ4n) is 0.385. The molecule has 1 rings (SSSR count). The maximum absolute atomic E-state index is 9.46. The second-order valence-electron chi connectivity index (χ2n) is 1.66. The summed E-state index contributed by atoms with van der Waals surface area (Å²) in [6.45, 7) is 3.08. The Morgan fingerprint density at radius 1 is 1.09 bits per heavy atom. The van der Waals surface area contributed by atoms with Gasteiger partial charge < -0.3 is 0 Å². The Kier molecular flexibility index (Phi) is 6.34. The van der Waals surface area contributed by atoms with E-state index in [1.807, 2.05) is 36.4 Å². The molecule has 0 aliphatic rings. The number of allylic oxidation sites excluding steroid dienone is 1. The van der Waals surface area contributed by atoms with E-state index >= 15 is 0 Å². The fourth-order valence-corrected chi connectivity index (χ4v) is 0.385. The molecule has 0 fully saturated rings. The lowest BCUT2D eigenvalue weighted by Gasteiger charge is -1.69. The molecule has 0 atom stereocenters. The largest absolute Gasteiger partial charge is 0.276 e. The lowest BCUT2D eigenvalue weighted by molar-refractivity contribution is -0.107. The van der Waals surface area contributed by atoms with Gasteiger partial charge in [-0.15, -0.1) is 0 Å². The highest BCUT2D eigenvalue weighted by Gasteiger charge is 1.74. The van der Waals surface area contributed by atoms with Crippen LogP contribution in [-0.2, 0) is 4.79 Å². The Hall–Kier alpha value is -1.08. The molecule has 0 saturated heterocycles. The molecule has 11 heavy (non-hydrogen) atoms. The summed E-state index contributed by atoms with van der Waals surface area (Å²) in [6.07, 6.45) is 1.04. The standard InChI is InChI=1S/C6H6.C3H3ClO/c1-2-4-6-5-3-1;1-2-3(4)5/h1-6H;2H,1H2. The van der Waals surface area contributed by atoms with Gasteiger partial charge in [-0.1, -0.05) is 43.0 Å². The van der Waals surface area contributed by atoms with Crippen LogP contribution in [0.1, 0.15) is 0 Å². The third-order valence-corrected chi connectivity index (χ3v) is 0.981. The van der Waals surface area contributed by atoms with E-state index in [4.69, 9.17) is 11.6 Å². The van der Waals surface area contributed by atoms with Crippen molar-refractivity contribution in [1.29, 1.82) is 0 Å². The van der Waals surface area contributed by atoms with E-state index in [0.29, 0.717) is 0 Å². The van der Waals surface area contributed by atoms with Crippen molar-refractivity contribution in [1.82, 2.24) is 0 Å². The second kappa shape index (κ2) is 7.03. The van der Waals surface area contributed by atoms with Crippen molar-refractivity contribution in [3.63, 3.8) is 0 Å². The molecule has 0 saturated carbocycles. The molecular weight excluding hydrogens is 160 g/mol. The maximum atomic E-state index is 9.46. The topological polar surface area (TPSA) is 17.1 Å². The average molecular weight is 169 g/mol. The summed E-state index contributed by atoms with van der Waals surface area (Å²) in [7, 11) is 0. The van der Waals surface area contributed by atoms with Gasteiger partial charge in [0.05, 0.1) is 0 Å². The van der Waals surface area contributed by atoms with Gasteiger partial charge in [-0.2, -0.15) is 0 Å². The molecule has 1 aromatic carbocycles. The molecule has 1 nitrogen and oxygen atoms in total. The highest BCUT2D eigenvalue weighted by molar-refractivity contribution is 6.66. The predicted molar refractivity (Wildman–Crippen MR) is 47.5 cm³/mol. The first kappa shape index (κ1) is 9.92. The molecular formula is C9H9ClO. The first-order valence-electron chi connectivity index (χ1n) is 3.09. The third kappa shape index (κ3) is 8.92. The number of carbonyl (C=O) groups excluding carboxylic acids is 1. The van der Waals surface area contributed by atoms with Crippen molar-refractivity contribution < 1.29 is 4.79 Å². The normalized spacial score (nSPS) is 7.36. The second-order valence-corrected chi connectivity index (χ2v) is 2.04. The summed E-state index contributed by atoms with van der Waals surface area (Å²) in [4.78, 5) is 9.46. The van der Waals surface area contributed by atoms with Crippen LogP contribution in [0.3, 0.4) is 0 Å². The van der Waals surface area contributed by atoms with Crippen LogP contribution in [-0.4, -0.2) is 5.24 Å². The molecule has 2 heteroatoms. The minimum atomic E-state index is -0.509. The summed E-state index contributed by atoms with van der Waals surface area (Å²) >= 11 is 4.71. The third-order valence-electron chi connectivity index (χ3n) is 0.827. The molecule has 0 bridgehead atoms. The zero-order chi connectivity index (χ0) is 8.53. The minimum absolute atomic E-state index is 0.509. The van der Waals surface area contributed by atoms with Gasteiger partial charge in [-0.3, -0.25) is 4.79 Å². The Morgan fingerprint density at radius 2 is 1.27 bits per heavy atom. The molecule has 0 aliphatic heterocycles. The monoisotopic (exact) mass is 168 g/mol. The first-order valence-corrected chi connectivity index (χ1v) is 3.47. The van der Waals surface area contributed by atoms with Gasteiger partial charge in [-0.05, 0) is 17.7 Å². The van der Waals surface area contributed by atoms with Gasteiger partial charge in [-0.25, -0.2) is 0 Å². The molecule has 0 unspecified atom stereocenters. The van der Waals surface area contributed by atoms with Crippen LogP contribution in [0.25, 0.3) is 0 Å². The fraction of sp³-hybridized carbons (Fsp3) is 0. The highest BCUT2D eigenvalue weighted by atomic mass is 35.5. The van der Waals surface area contributed by atoms with Crippen molar-refractivity contribution in [3.05, 3.63) is 49.1 Å². The number of hydrogen-bond acceptors (Lipinski definition) is 1. The molecule has 0 spiro atoms. The highest BCUT2D eigenvalue weighted by Crippen LogP contribution is 1.79. The van der Waals surface area contributed by atoms with E-state index in [9.17, 15) is 4.79 Å². The molecule has 0 aliphatic carbocycles. The zero-order valence-corrected chi connectivity index (χ0v) is 6.79. The van der Waals surface area contributed by atoms with Crippen molar-refractivity contribution in [2.24, 2.45) is 0 Å². The van der Waals surface area contributed by atoms with Crippen LogP contribution in [0.5, 0.6) is 0 Å². The van der Waals surface area contributed by atoms with Gasteiger partial charge in [0, 0.05) is 0 Å². The molecule has 1 aromatic rings. The van der Waals surface area contributed by atoms with E-state index < -0.39 is 5.24 Å². The molecule has 0 heterocycles. The summed E-state index contributed by atoms with van der Waals surface area (Å²) in [5.74, 6) is 0. The zero-order valence-electron chi connectivity index (χ0n) is 6.03. The predicted octanol–water partition coefficient (Wildman–Crippen LogP) is 2.62. The van der Waals surface area contributed by atoms with Crippen LogP contribution >= 0.6 is 11.6 Å². The van der Waals surface area contributed by atoms with E-state index in [1.54, 1.807) is 0 Å². The summed E-state index contributed by atoms with van der Waals surface area (Å²) in [6, 6.07) is 12.0. The Labute approximate surface area is 71.3 Å². The minimum Gasteiger partial charge on any atom is -0.276 e. The summed E-state index contributed by atoms with van der Waals surface area (Å²) in [5.41, 5.74) is 0. The quantitative estimate of drug-likeness (QED) is 0.466. The Morgan fingerprint density at radius 3 is 1.36 bits per heavy atom. The van der Waals surface area contributed by atoms with E-state index in [0.717, 1.165) is 6.08 Å². The average Bonchev–Trinajstić information content (AvgIpc) is 2.09. The van der Waals surface area contributed by atoms with Crippen LogP contribution in [0.4, 0.5) is 0 Å². The lowest BCUT2D eigenvalue weighted by Crippen LogP contribution is -1.67. The van der Waals surface area contributed by atoms with Crippen molar-refractivity contribution in [3.8, 4) is 0 Å². The number of rotatable bonds is 1. The van der Waals surface area contributed by atoms with Gasteiger partial charge in [0.15, 0.2) is 0 Å². The molecule has 0 aromatic heterocycles. The molecule has 0 radical (unpaired) electrons. The summed E-state index contributed by atoms with van der Waals surface area (Å²) < 4.78 is 0. The molecule has 0 amide bonds. The van der Waals surface area contributed by atoms with Crippen molar-refractivity contribution >= 4 is 16.8 Å². The molecule has 58 valence electrons. The van der Waals surface area contributed by atoms with Gasteiger partial charge in [0.1, 0.15) is 0 Å². The van der Waals surface area contributed by atoms with Crippen LogP contribution in [0.2, 0.25) is 0 Å². The van der Waals surface area contributed by atoms with Crippen LogP contribution in [0, 0.1) is 0 Å². The Bertz CT molecular complexity index is 179. The van der Waals surface area contributed by atoms with E-state index in [2.05, 4.69) is 6.58 Å². The van der Waals surface area contributed by atoms with Gasteiger partial charge >= 0.3 is 0 Å². The lowest BCUT2D eigenvalue weighted by atomic mass is 10.4. The number of carbonyl (C=O) groups is 1. The van der Waals surface area contributed by atoms with Gasteiger partial charge in [0.25, 0.3) is 0 Å². The van der Waals surface area contributed by atoms with Crippen molar-refractivity contribution in [2.45, 2.75) is 0 Å². The van der Waals surface area contributed by atoms with Crippen molar-refractivity contribution in [2.75, 3.05) is 0 Å². The maximum Gasteiger partial charge on any atom is 0.244 e. The molecule has 0 N–H and O–H groups in total.